The molecule has 31 heavy (non-hydrogen) atoms. The lowest BCUT2D eigenvalue weighted by Crippen LogP contribution is -2.61. The maximum absolute atomic E-state index is 12.7. The second kappa shape index (κ2) is 7.74. The van der Waals surface area contributed by atoms with E-state index in [0.29, 0.717) is 40.9 Å². The van der Waals surface area contributed by atoms with Crippen LogP contribution in [0.1, 0.15) is 88.4 Å². The zero-order valence-corrected chi connectivity index (χ0v) is 19.6. The van der Waals surface area contributed by atoms with Crippen LogP contribution in [0.15, 0.2) is 30.3 Å². The van der Waals surface area contributed by atoms with Crippen LogP contribution in [0.5, 0.6) is 0 Å². The molecule has 0 radical (unpaired) electrons. The summed E-state index contributed by atoms with van der Waals surface area (Å²) in [6.07, 6.45) is 11.3. The summed E-state index contributed by atoms with van der Waals surface area (Å²) in [6, 6.07) is 10.3. The molecular weight excluding hydrogens is 382 g/mol. The lowest BCUT2D eigenvalue weighted by Gasteiger charge is -2.62. The number of carbonyl (C=O) groups excluding carboxylic acids is 2. The van der Waals surface area contributed by atoms with Crippen molar-refractivity contribution in [2.45, 2.75) is 84.1 Å². The molecule has 0 N–H and O–H groups in total. The van der Waals surface area contributed by atoms with Crippen LogP contribution in [-0.4, -0.2) is 29.7 Å². The molecule has 5 rings (SSSR count). The monoisotopic (exact) mass is 421 g/mol. The Morgan fingerprint density at radius 2 is 1.71 bits per heavy atom. The standard InChI is InChI=1S/C28H39NO2/c1-27-17-15-23-21(11-14-25-28(23,2)18-16-26(31)29(25)3)22(27)12-9-20(27)10-13-24(30)19-7-5-4-6-8-19/h4-8,20-23,25H,9-18H2,1-3H3/t20-,21+,22+,23+,25?,27-,28-/m1/s1. The Morgan fingerprint density at radius 1 is 0.968 bits per heavy atom. The van der Waals surface area contributed by atoms with Crippen molar-refractivity contribution in [1.29, 1.82) is 0 Å². The van der Waals surface area contributed by atoms with Gasteiger partial charge in [-0.15, -0.1) is 0 Å². The molecule has 3 aliphatic carbocycles. The minimum Gasteiger partial charge on any atom is -0.342 e. The fourth-order valence-electron chi connectivity index (χ4n) is 8.81. The molecule has 1 saturated heterocycles. The highest BCUT2D eigenvalue weighted by Gasteiger charge is 2.60. The predicted molar refractivity (Wildman–Crippen MR) is 124 cm³/mol. The normalized spacial score (nSPS) is 42.0. The second-order valence-corrected chi connectivity index (χ2v) is 11.6. The molecule has 3 heteroatoms. The van der Waals surface area contributed by atoms with Gasteiger partial charge in [-0.1, -0.05) is 44.2 Å². The van der Waals surface area contributed by atoms with Crippen LogP contribution in [0.2, 0.25) is 0 Å². The number of Topliss-reactive ketones (excluding diaryl/α,β-unsaturated/α-hetero) is 1. The molecule has 4 fully saturated rings. The third kappa shape index (κ3) is 3.29. The van der Waals surface area contributed by atoms with Crippen molar-refractivity contribution in [1.82, 2.24) is 4.90 Å². The maximum atomic E-state index is 12.7. The van der Waals surface area contributed by atoms with Crippen LogP contribution in [0.25, 0.3) is 0 Å². The van der Waals surface area contributed by atoms with E-state index in [2.05, 4.69) is 18.7 Å². The molecular formula is C28H39NO2. The summed E-state index contributed by atoms with van der Waals surface area (Å²) in [5, 5.41) is 0. The minimum absolute atomic E-state index is 0.300. The molecule has 1 aliphatic heterocycles. The van der Waals surface area contributed by atoms with Crippen molar-refractivity contribution in [2.24, 2.45) is 34.5 Å². The Hall–Kier alpha value is -1.64. The average Bonchev–Trinajstić information content (AvgIpc) is 3.12. The number of hydrogen-bond acceptors (Lipinski definition) is 2. The van der Waals surface area contributed by atoms with Crippen molar-refractivity contribution in [2.75, 3.05) is 7.05 Å². The van der Waals surface area contributed by atoms with Gasteiger partial charge in [0.2, 0.25) is 5.91 Å². The van der Waals surface area contributed by atoms with Gasteiger partial charge >= 0.3 is 0 Å². The first-order valence-corrected chi connectivity index (χ1v) is 12.7. The molecule has 0 bridgehead atoms. The zero-order chi connectivity index (χ0) is 21.8. The van der Waals surface area contributed by atoms with Gasteiger partial charge in [-0.2, -0.15) is 0 Å². The van der Waals surface area contributed by atoms with Crippen molar-refractivity contribution < 1.29 is 9.59 Å². The van der Waals surface area contributed by atoms with Gasteiger partial charge in [-0.05, 0) is 85.9 Å². The van der Waals surface area contributed by atoms with Crippen LogP contribution >= 0.6 is 0 Å². The summed E-state index contributed by atoms with van der Waals surface area (Å²) in [6.45, 7) is 5.06. The molecule has 1 aromatic carbocycles. The Labute approximate surface area is 188 Å². The number of carbonyl (C=O) groups is 2. The van der Waals surface area contributed by atoms with Crippen LogP contribution in [-0.2, 0) is 4.79 Å². The van der Waals surface area contributed by atoms with Crippen LogP contribution < -0.4 is 0 Å². The molecule has 1 aromatic rings. The largest absolute Gasteiger partial charge is 0.342 e. The highest BCUT2D eigenvalue weighted by molar-refractivity contribution is 5.95. The van der Waals surface area contributed by atoms with Crippen molar-refractivity contribution >= 4 is 11.7 Å². The number of benzene rings is 1. The van der Waals surface area contributed by atoms with Gasteiger partial charge in [0.1, 0.15) is 0 Å². The number of piperidine rings is 1. The highest BCUT2D eigenvalue weighted by atomic mass is 16.2. The SMILES string of the molecule is CN1C(=O)CC[C@@]2(C)C1CC[C@H]1[C@@H]3CC[C@H](CCC(=O)c4ccccc4)[C@@]3(C)CC[C@@H]12. The lowest BCUT2D eigenvalue weighted by atomic mass is 9.46. The second-order valence-electron chi connectivity index (χ2n) is 11.6. The molecule has 4 aliphatic rings. The molecule has 3 nitrogen and oxygen atoms in total. The summed E-state index contributed by atoms with van der Waals surface area (Å²) >= 11 is 0. The molecule has 0 aromatic heterocycles. The third-order valence-electron chi connectivity index (χ3n) is 10.6. The minimum atomic E-state index is 0.300. The smallest absolute Gasteiger partial charge is 0.222 e. The number of rotatable bonds is 4. The Bertz CT molecular complexity index is 850. The first kappa shape index (κ1) is 21.2. The average molecular weight is 422 g/mol. The van der Waals surface area contributed by atoms with Crippen molar-refractivity contribution in [3.8, 4) is 0 Å². The van der Waals surface area contributed by atoms with E-state index in [1.165, 1.54) is 38.5 Å². The molecule has 3 saturated carbocycles. The number of nitrogens with zero attached hydrogens (tertiary/aromatic N) is 1. The predicted octanol–water partition coefficient (Wildman–Crippen LogP) is 6.13. The molecule has 1 heterocycles. The summed E-state index contributed by atoms with van der Waals surface area (Å²) in [5.74, 6) is 3.74. The van der Waals surface area contributed by atoms with Gasteiger partial charge in [0.05, 0.1) is 0 Å². The number of hydrogen-bond donors (Lipinski definition) is 0. The number of ketones is 1. The van der Waals surface area contributed by atoms with E-state index in [1.807, 2.05) is 37.4 Å². The van der Waals surface area contributed by atoms with Crippen LogP contribution in [0.3, 0.4) is 0 Å². The van der Waals surface area contributed by atoms with Crippen molar-refractivity contribution in [3.05, 3.63) is 35.9 Å². The topological polar surface area (TPSA) is 37.4 Å². The first-order valence-electron chi connectivity index (χ1n) is 12.7. The number of amides is 1. The summed E-state index contributed by atoms with van der Waals surface area (Å²) in [4.78, 5) is 27.2. The lowest BCUT2D eigenvalue weighted by molar-refractivity contribution is -0.158. The van der Waals surface area contributed by atoms with Gasteiger partial charge in [0.15, 0.2) is 5.78 Å². The van der Waals surface area contributed by atoms with E-state index in [9.17, 15) is 9.59 Å². The fourth-order valence-corrected chi connectivity index (χ4v) is 8.81. The van der Waals surface area contributed by atoms with E-state index in [-0.39, 0.29) is 0 Å². The van der Waals surface area contributed by atoms with E-state index in [4.69, 9.17) is 0 Å². The van der Waals surface area contributed by atoms with Gasteiger partial charge in [-0.25, -0.2) is 0 Å². The molecule has 1 unspecified atom stereocenters. The van der Waals surface area contributed by atoms with E-state index in [1.54, 1.807) is 0 Å². The molecule has 7 atom stereocenters. The zero-order valence-electron chi connectivity index (χ0n) is 19.6. The van der Waals surface area contributed by atoms with Gasteiger partial charge in [0, 0.05) is 31.5 Å². The van der Waals surface area contributed by atoms with Crippen molar-refractivity contribution in [3.63, 3.8) is 0 Å². The van der Waals surface area contributed by atoms with Crippen LogP contribution in [0, 0.1) is 34.5 Å². The van der Waals surface area contributed by atoms with Gasteiger partial charge < -0.3 is 4.90 Å². The summed E-state index contributed by atoms with van der Waals surface area (Å²) in [5.41, 5.74) is 1.57. The van der Waals surface area contributed by atoms with Crippen LogP contribution in [0.4, 0.5) is 0 Å². The Balaban J connectivity index is 1.29. The Morgan fingerprint density at radius 3 is 2.48 bits per heavy atom. The van der Waals surface area contributed by atoms with E-state index >= 15 is 0 Å². The third-order valence-corrected chi connectivity index (χ3v) is 10.6. The molecule has 168 valence electrons. The quantitative estimate of drug-likeness (QED) is 0.549. The number of likely N-dealkylation sites (tertiary alicyclic amines) is 1. The number of fused-ring (bicyclic) bond motifs is 5. The summed E-state index contributed by atoms with van der Waals surface area (Å²) < 4.78 is 0. The Kier molecular flexibility index (Phi) is 5.30. The molecule has 0 spiro atoms. The molecule has 1 amide bonds. The maximum Gasteiger partial charge on any atom is 0.222 e. The first-order chi connectivity index (χ1) is 14.8. The van der Waals surface area contributed by atoms with Gasteiger partial charge in [0.25, 0.3) is 0 Å². The summed E-state index contributed by atoms with van der Waals surface area (Å²) in [7, 11) is 2.05. The van der Waals surface area contributed by atoms with Gasteiger partial charge in [-0.3, -0.25) is 9.59 Å². The van der Waals surface area contributed by atoms with E-state index in [0.717, 1.165) is 42.6 Å². The fraction of sp³-hybridized carbons (Fsp3) is 0.714. The highest BCUT2D eigenvalue weighted by Crippen LogP contribution is 2.66. The van der Waals surface area contributed by atoms with E-state index < -0.39 is 0 Å².